The van der Waals surface area contributed by atoms with Gasteiger partial charge in [0, 0.05) is 11.6 Å². The van der Waals surface area contributed by atoms with Crippen LogP contribution < -0.4 is 5.73 Å². The molecule has 0 heterocycles. The van der Waals surface area contributed by atoms with Crippen molar-refractivity contribution in [1.82, 2.24) is 0 Å². The Hall–Kier alpha value is -0.610. The molecular weight excluding hydrogens is 273 g/mol. The van der Waals surface area contributed by atoms with E-state index in [2.05, 4.69) is 15.9 Å². The summed E-state index contributed by atoms with van der Waals surface area (Å²) in [6, 6.07) is 2.32. The van der Waals surface area contributed by atoms with Crippen LogP contribution in [-0.2, 0) is 0 Å². The number of aromatic hydroxyl groups is 1. The SMILES string of the molecule is N[C@@H](c1cc(F)cc(Br)c1O)C1CCCC1. The smallest absolute Gasteiger partial charge is 0.134 e. The molecule has 4 heteroatoms. The maximum Gasteiger partial charge on any atom is 0.134 e. The molecule has 3 N–H and O–H groups in total. The maximum atomic E-state index is 13.3. The number of phenolic OH excluding ortho intramolecular Hbond substituents is 1. The number of hydrogen-bond acceptors (Lipinski definition) is 2. The van der Waals surface area contributed by atoms with Crippen molar-refractivity contribution in [2.75, 3.05) is 0 Å². The fourth-order valence-corrected chi connectivity index (χ4v) is 2.86. The Labute approximate surface area is 103 Å². The van der Waals surface area contributed by atoms with E-state index in [4.69, 9.17) is 5.73 Å². The molecule has 0 radical (unpaired) electrons. The second-order valence-electron chi connectivity index (χ2n) is 4.40. The molecule has 1 atom stereocenters. The Bertz CT molecular complexity index is 391. The third-order valence-corrected chi connectivity index (χ3v) is 3.93. The van der Waals surface area contributed by atoms with Gasteiger partial charge in [0.1, 0.15) is 11.6 Å². The van der Waals surface area contributed by atoms with Crippen molar-refractivity contribution >= 4 is 15.9 Å². The minimum absolute atomic E-state index is 0.0702. The van der Waals surface area contributed by atoms with E-state index in [1.54, 1.807) is 0 Å². The van der Waals surface area contributed by atoms with E-state index in [-0.39, 0.29) is 17.6 Å². The van der Waals surface area contributed by atoms with Gasteiger partial charge in [0.15, 0.2) is 0 Å². The van der Waals surface area contributed by atoms with Crippen LogP contribution in [0.3, 0.4) is 0 Å². The average molecular weight is 288 g/mol. The minimum atomic E-state index is -0.367. The molecule has 1 aliphatic rings. The Morgan fingerprint density at radius 1 is 1.38 bits per heavy atom. The summed E-state index contributed by atoms with van der Waals surface area (Å²) in [4.78, 5) is 0. The largest absolute Gasteiger partial charge is 0.506 e. The van der Waals surface area contributed by atoms with E-state index in [0.29, 0.717) is 16.0 Å². The van der Waals surface area contributed by atoms with Gasteiger partial charge in [-0.15, -0.1) is 0 Å². The molecule has 1 saturated carbocycles. The molecular formula is C12H15BrFNO. The highest BCUT2D eigenvalue weighted by Gasteiger charge is 2.26. The van der Waals surface area contributed by atoms with Crippen molar-refractivity contribution in [2.45, 2.75) is 31.7 Å². The summed E-state index contributed by atoms with van der Waals surface area (Å²) in [6.07, 6.45) is 4.48. The molecule has 88 valence electrons. The molecule has 0 amide bonds. The van der Waals surface area contributed by atoms with Crippen molar-refractivity contribution in [3.63, 3.8) is 0 Å². The topological polar surface area (TPSA) is 46.2 Å². The van der Waals surface area contributed by atoms with Crippen LogP contribution in [0.5, 0.6) is 5.75 Å². The Morgan fingerprint density at radius 2 is 2.00 bits per heavy atom. The van der Waals surface area contributed by atoms with Crippen molar-refractivity contribution in [1.29, 1.82) is 0 Å². The highest BCUT2D eigenvalue weighted by atomic mass is 79.9. The molecule has 1 aliphatic carbocycles. The summed E-state index contributed by atoms with van der Waals surface area (Å²) in [6.45, 7) is 0. The van der Waals surface area contributed by atoms with Crippen LogP contribution in [0.4, 0.5) is 4.39 Å². The van der Waals surface area contributed by atoms with Crippen LogP contribution in [0.1, 0.15) is 37.3 Å². The van der Waals surface area contributed by atoms with Gasteiger partial charge >= 0.3 is 0 Å². The molecule has 0 bridgehead atoms. The fourth-order valence-electron chi connectivity index (χ4n) is 2.41. The lowest BCUT2D eigenvalue weighted by atomic mass is 9.92. The lowest BCUT2D eigenvalue weighted by molar-refractivity contribution is 0.408. The Morgan fingerprint density at radius 3 is 2.62 bits per heavy atom. The number of benzene rings is 1. The second kappa shape index (κ2) is 4.72. The predicted molar refractivity (Wildman–Crippen MR) is 64.7 cm³/mol. The standard InChI is InChI=1S/C12H15BrFNO/c13-10-6-8(14)5-9(12(10)16)11(15)7-3-1-2-4-7/h5-7,11,16H,1-4,15H2/t11-/m1/s1. The summed E-state index contributed by atoms with van der Waals surface area (Å²) in [5, 5.41) is 9.86. The summed E-state index contributed by atoms with van der Waals surface area (Å²) < 4.78 is 13.6. The van der Waals surface area contributed by atoms with Crippen LogP contribution in [0.2, 0.25) is 0 Å². The number of nitrogens with two attached hydrogens (primary N) is 1. The van der Waals surface area contributed by atoms with E-state index in [9.17, 15) is 9.50 Å². The van der Waals surface area contributed by atoms with E-state index < -0.39 is 0 Å². The van der Waals surface area contributed by atoms with Crippen LogP contribution in [-0.4, -0.2) is 5.11 Å². The number of halogens is 2. The van der Waals surface area contributed by atoms with Crippen LogP contribution in [0.15, 0.2) is 16.6 Å². The quantitative estimate of drug-likeness (QED) is 0.875. The molecule has 0 aliphatic heterocycles. The molecule has 1 aromatic carbocycles. The zero-order valence-corrected chi connectivity index (χ0v) is 10.5. The van der Waals surface area contributed by atoms with E-state index >= 15 is 0 Å². The fraction of sp³-hybridized carbons (Fsp3) is 0.500. The van der Waals surface area contributed by atoms with Gasteiger partial charge in [0.25, 0.3) is 0 Å². The van der Waals surface area contributed by atoms with E-state index in [1.165, 1.54) is 25.0 Å². The third-order valence-electron chi connectivity index (χ3n) is 3.32. The van der Waals surface area contributed by atoms with Gasteiger partial charge in [-0.05, 0) is 46.8 Å². The van der Waals surface area contributed by atoms with E-state index in [1.807, 2.05) is 0 Å². The molecule has 0 aromatic heterocycles. The van der Waals surface area contributed by atoms with Crippen LogP contribution in [0.25, 0.3) is 0 Å². The number of rotatable bonds is 2. The molecule has 1 aromatic rings. The zero-order chi connectivity index (χ0) is 11.7. The average Bonchev–Trinajstić information content (AvgIpc) is 2.75. The summed E-state index contributed by atoms with van der Waals surface area (Å²) in [7, 11) is 0. The maximum absolute atomic E-state index is 13.3. The second-order valence-corrected chi connectivity index (χ2v) is 5.25. The first-order valence-electron chi connectivity index (χ1n) is 5.53. The summed E-state index contributed by atoms with van der Waals surface area (Å²) in [5.74, 6) is 0.0634. The first-order valence-corrected chi connectivity index (χ1v) is 6.32. The van der Waals surface area contributed by atoms with Gasteiger partial charge in [0.2, 0.25) is 0 Å². The van der Waals surface area contributed by atoms with Gasteiger partial charge in [-0.2, -0.15) is 0 Å². The van der Waals surface area contributed by atoms with Crippen LogP contribution in [0, 0.1) is 11.7 Å². The first-order chi connectivity index (χ1) is 7.59. The van der Waals surface area contributed by atoms with Crippen molar-refractivity contribution in [3.8, 4) is 5.75 Å². The summed E-state index contributed by atoms with van der Waals surface area (Å²) >= 11 is 3.13. The Balaban J connectivity index is 2.31. The number of phenols is 1. The van der Waals surface area contributed by atoms with Gasteiger partial charge < -0.3 is 10.8 Å². The third kappa shape index (κ3) is 2.23. The molecule has 0 saturated heterocycles. The minimum Gasteiger partial charge on any atom is -0.506 e. The summed E-state index contributed by atoms with van der Waals surface area (Å²) in [5.41, 5.74) is 6.60. The van der Waals surface area contributed by atoms with Crippen molar-refractivity contribution < 1.29 is 9.50 Å². The molecule has 0 unspecified atom stereocenters. The lowest BCUT2D eigenvalue weighted by Gasteiger charge is -2.20. The predicted octanol–water partition coefficient (Wildman–Crippen LogP) is 3.48. The monoisotopic (exact) mass is 287 g/mol. The molecule has 2 nitrogen and oxygen atoms in total. The molecule has 0 spiro atoms. The highest BCUT2D eigenvalue weighted by molar-refractivity contribution is 9.10. The van der Waals surface area contributed by atoms with Crippen molar-refractivity contribution in [2.24, 2.45) is 11.7 Å². The van der Waals surface area contributed by atoms with Gasteiger partial charge in [-0.1, -0.05) is 12.8 Å². The molecule has 16 heavy (non-hydrogen) atoms. The van der Waals surface area contributed by atoms with Gasteiger partial charge in [-0.25, -0.2) is 4.39 Å². The molecule has 1 fully saturated rings. The van der Waals surface area contributed by atoms with E-state index in [0.717, 1.165) is 12.8 Å². The highest BCUT2D eigenvalue weighted by Crippen LogP contribution is 2.40. The van der Waals surface area contributed by atoms with Crippen LogP contribution >= 0.6 is 15.9 Å². The van der Waals surface area contributed by atoms with Crippen molar-refractivity contribution in [3.05, 3.63) is 28.0 Å². The molecule has 2 rings (SSSR count). The lowest BCUT2D eigenvalue weighted by Crippen LogP contribution is -2.19. The first kappa shape index (κ1) is 11.9. The normalized spacial score (nSPS) is 18.9. The van der Waals surface area contributed by atoms with Gasteiger partial charge in [0.05, 0.1) is 4.47 Å². The Kier molecular flexibility index (Phi) is 3.50. The van der Waals surface area contributed by atoms with Gasteiger partial charge in [-0.3, -0.25) is 0 Å². The zero-order valence-electron chi connectivity index (χ0n) is 8.92. The number of hydrogen-bond donors (Lipinski definition) is 2.